The number of nitrogens with zero attached hydrogens (tertiary/aromatic N) is 5. The minimum absolute atomic E-state index is 0.0772. The van der Waals surface area contributed by atoms with Gasteiger partial charge in [0.2, 0.25) is 17.7 Å². The molecule has 0 atom stereocenters. The highest BCUT2D eigenvalue weighted by Crippen LogP contribution is 2.56. The van der Waals surface area contributed by atoms with Gasteiger partial charge in [-0.1, -0.05) is 29.6 Å². The predicted molar refractivity (Wildman–Crippen MR) is 103 cm³/mol. The van der Waals surface area contributed by atoms with E-state index in [1.165, 1.54) is 32.1 Å². The SMILES string of the molecule is Cc1noc(CC(=O)N2CCC3(CC2)CC(c2nc(C4CCCCC4)no2)C3)n1. The Bertz CT molecular complexity index is 853. The van der Waals surface area contributed by atoms with E-state index in [4.69, 9.17) is 14.0 Å². The van der Waals surface area contributed by atoms with Gasteiger partial charge in [0.1, 0.15) is 6.42 Å². The molecule has 0 radical (unpaired) electrons. The van der Waals surface area contributed by atoms with Gasteiger partial charge in [0.25, 0.3) is 0 Å². The van der Waals surface area contributed by atoms with Gasteiger partial charge >= 0.3 is 0 Å². The molecule has 3 aliphatic rings. The van der Waals surface area contributed by atoms with Gasteiger partial charge in [0, 0.05) is 24.9 Å². The van der Waals surface area contributed by atoms with E-state index in [2.05, 4.69) is 15.3 Å². The average Bonchev–Trinajstić information content (AvgIpc) is 3.36. The zero-order valence-electron chi connectivity index (χ0n) is 17.1. The van der Waals surface area contributed by atoms with Crippen molar-refractivity contribution in [3.8, 4) is 0 Å². The Morgan fingerprint density at radius 3 is 2.48 bits per heavy atom. The Kier molecular flexibility index (Phi) is 4.87. The van der Waals surface area contributed by atoms with E-state index in [1.807, 2.05) is 4.90 Å². The Labute approximate surface area is 170 Å². The largest absolute Gasteiger partial charge is 0.342 e. The summed E-state index contributed by atoms with van der Waals surface area (Å²) in [6, 6.07) is 0. The van der Waals surface area contributed by atoms with Crippen molar-refractivity contribution in [1.82, 2.24) is 25.2 Å². The third-order valence-electron chi connectivity index (χ3n) is 7.18. The van der Waals surface area contributed by atoms with E-state index in [1.54, 1.807) is 6.92 Å². The molecule has 8 nitrogen and oxygen atoms in total. The van der Waals surface area contributed by atoms with Crippen LogP contribution in [0.4, 0.5) is 0 Å². The highest BCUT2D eigenvalue weighted by molar-refractivity contribution is 5.77. The number of hydrogen-bond donors (Lipinski definition) is 0. The van der Waals surface area contributed by atoms with Crippen molar-refractivity contribution >= 4 is 5.91 Å². The maximum absolute atomic E-state index is 12.5. The zero-order valence-corrected chi connectivity index (χ0v) is 17.1. The van der Waals surface area contributed by atoms with Crippen LogP contribution in [0.5, 0.6) is 0 Å². The van der Waals surface area contributed by atoms with E-state index < -0.39 is 0 Å². The molecule has 2 aromatic rings. The van der Waals surface area contributed by atoms with Crippen LogP contribution in [-0.2, 0) is 11.2 Å². The summed E-state index contributed by atoms with van der Waals surface area (Å²) in [6.07, 6.45) is 10.8. The summed E-state index contributed by atoms with van der Waals surface area (Å²) in [6.45, 7) is 3.36. The lowest BCUT2D eigenvalue weighted by atomic mass is 9.57. The first-order valence-corrected chi connectivity index (χ1v) is 11.0. The van der Waals surface area contributed by atoms with Gasteiger partial charge in [-0.25, -0.2) is 0 Å². The Morgan fingerprint density at radius 1 is 1.03 bits per heavy atom. The van der Waals surface area contributed by atoms with Gasteiger partial charge < -0.3 is 13.9 Å². The highest BCUT2D eigenvalue weighted by Gasteiger charge is 2.48. The van der Waals surface area contributed by atoms with Crippen LogP contribution in [0.1, 0.15) is 93.1 Å². The summed E-state index contributed by atoms with van der Waals surface area (Å²) in [5, 5.41) is 8.05. The number of carbonyl (C=O) groups is 1. The molecule has 8 heteroatoms. The van der Waals surface area contributed by atoms with E-state index >= 15 is 0 Å². The van der Waals surface area contributed by atoms with Crippen LogP contribution in [0.25, 0.3) is 0 Å². The molecule has 0 unspecified atom stereocenters. The van der Waals surface area contributed by atoms with E-state index in [0.717, 1.165) is 50.5 Å². The summed E-state index contributed by atoms with van der Waals surface area (Å²) in [5.41, 5.74) is 0.335. The van der Waals surface area contributed by atoms with Crippen molar-refractivity contribution in [3.05, 3.63) is 23.4 Å². The maximum atomic E-state index is 12.5. The van der Waals surface area contributed by atoms with Crippen molar-refractivity contribution in [1.29, 1.82) is 0 Å². The molecule has 0 bridgehead atoms. The minimum Gasteiger partial charge on any atom is -0.342 e. The van der Waals surface area contributed by atoms with Crippen molar-refractivity contribution < 1.29 is 13.8 Å². The Morgan fingerprint density at radius 2 is 1.79 bits per heavy atom. The molecule has 2 saturated carbocycles. The lowest BCUT2D eigenvalue weighted by Crippen LogP contribution is -2.48. The molecule has 1 spiro atoms. The third-order valence-corrected chi connectivity index (χ3v) is 7.18. The quantitative estimate of drug-likeness (QED) is 0.775. The molecule has 2 aromatic heterocycles. The van der Waals surface area contributed by atoms with Crippen LogP contribution in [-0.4, -0.2) is 44.2 Å². The molecule has 5 rings (SSSR count). The number of carbonyl (C=O) groups excluding carboxylic acids is 1. The molecular formula is C21H29N5O3. The van der Waals surface area contributed by atoms with Gasteiger partial charge in [0.15, 0.2) is 11.6 Å². The maximum Gasteiger partial charge on any atom is 0.236 e. The first-order chi connectivity index (χ1) is 14.1. The molecule has 3 heterocycles. The second-order valence-corrected chi connectivity index (χ2v) is 9.22. The molecule has 1 amide bonds. The number of aryl methyl sites for hydroxylation is 1. The fourth-order valence-corrected chi connectivity index (χ4v) is 5.39. The average molecular weight is 399 g/mol. The van der Waals surface area contributed by atoms with Crippen LogP contribution in [0.2, 0.25) is 0 Å². The molecule has 156 valence electrons. The lowest BCUT2D eigenvalue weighted by Gasteiger charge is -2.51. The molecule has 0 aromatic carbocycles. The van der Waals surface area contributed by atoms with Gasteiger partial charge in [-0.15, -0.1) is 0 Å². The van der Waals surface area contributed by atoms with Crippen molar-refractivity contribution in [2.75, 3.05) is 13.1 Å². The first-order valence-electron chi connectivity index (χ1n) is 11.0. The predicted octanol–water partition coefficient (Wildman–Crippen LogP) is 3.54. The Balaban J connectivity index is 1.12. The number of hydrogen-bond acceptors (Lipinski definition) is 7. The van der Waals surface area contributed by atoms with E-state index in [0.29, 0.717) is 29.0 Å². The summed E-state index contributed by atoms with van der Waals surface area (Å²) in [7, 11) is 0. The number of likely N-dealkylation sites (tertiary alicyclic amines) is 1. The van der Waals surface area contributed by atoms with E-state index in [9.17, 15) is 4.79 Å². The molecule has 0 N–H and O–H groups in total. The van der Waals surface area contributed by atoms with Gasteiger partial charge in [-0.3, -0.25) is 4.79 Å². The van der Waals surface area contributed by atoms with Crippen molar-refractivity contribution in [2.24, 2.45) is 5.41 Å². The molecule has 1 saturated heterocycles. The second-order valence-electron chi connectivity index (χ2n) is 9.22. The monoisotopic (exact) mass is 399 g/mol. The number of piperidine rings is 1. The Hall–Kier alpha value is -2.25. The highest BCUT2D eigenvalue weighted by atomic mass is 16.5. The van der Waals surface area contributed by atoms with Crippen molar-refractivity contribution in [3.63, 3.8) is 0 Å². The van der Waals surface area contributed by atoms with Gasteiger partial charge in [0.05, 0.1) is 0 Å². The topological polar surface area (TPSA) is 98.2 Å². The van der Waals surface area contributed by atoms with Crippen LogP contribution in [0, 0.1) is 12.3 Å². The van der Waals surface area contributed by atoms with Crippen molar-refractivity contribution in [2.45, 2.75) is 83.0 Å². The van der Waals surface area contributed by atoms with Crippen LogP contribution in [0.15, 0.2) is 9.05 Å². The number of rotatable bonds is 4. The van der Waals surface area contributed by atoms with Crippen LogP contribution in [0.3, 0.4) is 0 Å². The lowest BCUT2D eigenvalue weighted by molar-refractivity contribution is -0.134. The summed E-state index contributed by atoms with van der Waals surface area (Å²) >= 11 is 0. The third kappa shape index (κ3) is 3.81. The molecule has 2 aliphatic carbocycles. The molecule has 1 aliphatic heterocycles. The molecule has 29 heavy (non-hydrogen) atoms. The minimum atomic E-state index is 0.0772. The summed E-state index contributed by atoms with van der Waals surface area (Å²) in [4.78, 5) is 23.3. The van der Waals surface area contributed by atoms with Gasteiger partial charge in [-0.2, -0.15) is 9.97 Å². The van der Waals surface area contributed by atoms with E-state index in [-0.39, 0.29) is 12.3 Å². The molecular weight excluding hydrogens is 370 g/mol. The van der Waals surface area contributed by atoms with Gasteiger partial charge in [-0.05, 0) is 50.9 Å². The smallest absolute Gasteiger partial charge is 0.236 e. The number of amides is 1. The standard InChI is InChI=1S/C21H29N5O3/c1-14-22-17(28-24-14)11-18(27)26-9-7-21(8-10-26)12-16(13-21)20-23-19(25-29-20)15-5-3-2-4-6-15/h15-16H,2-13H2,1H3. The first kappa shape index (κ1) is 18.8. The normalized spacial score (nSPS) is 22.7. The summed E-state index contributed by atoms with van der Waals surface area (Å²) < 4.78 is 10.7. The van der Waals surface area contributed by atoms with Crippen LogP contribution < -0.4 is 0 Å². The fourth-order valence-electron chi connectivity index (χ4n) is 5.39. The number of aromatic nitrogens is 4. The second kappa shape index (κ2) is 7.54. The fraction of sp³-hybridized carbons (Fsp3) is 0.762. The van der Waals surface area contributed by atoms with Crippen LogP contribution >= 0.6 is 0 Å². The zero-order chi connectivity index (χ0) is 19.8. The summed E-state index contributed by atoms with van der Waals surface area (Å²) in [5.74, 6) is 3.70. The molecule has 3 fully saturated rings.